The molecule has 1 saturated heterocycles. The number of hydrogen-bond acceptors (Lipinski definition) is 3. The summed E-state index contributed by atoms with van der Waals surface area (Å²) in [4.78, 5) is 14.4. The Morgan fingerprint density at radius 2 is 1.78 bits per heavy atom. The summed E-state index contributed by atoms with van der Waals surface area (Å²) in [7, 11) is 0. The van der Waals surface area contributed by atoms with E-state index in [1.54, 1.807) is 0 Å². The van der Waals surface area contributed by atoms with Gasteiger partial charge >= 0.3 is 0 Å². The number of hydrogen-bond donors (Lipinski definition) is 1. The summed E-state index contributed by atoms with van der Waals surface area (Å²) in [5.41, 5.74) is -0.287. The van der Waals surface area contributed by atoms with Crippen molar-refractivity contribution in [2.45, 2.75) is 46.6 Å². The molecular weight excluding hydrogens is 228 g/mol. The maximum absolute atomic E-state index is 12.0. The van der Waals surface area contributed by atoms with Crippen LogP contribution in [-0.2, 0) is 9.53 Å². The second kappa shape index (κ2) is 6.02. The topological polar surface area (TPSA) is 41.6 Å². The lowest BCUT2D eigenvalue weighted by molar-refractivity contribution is -0.129. The first-order valence-corrected chi connectivity index (χ1v) is 6.91. The number of morpholine rings is 1. The minimum absolute atomic E-state index is 0.0324. The van der Waals surface area contributed by atoms with Gasteiger partial charge in [-0.2, -0.15) is 0 Å². The molecule has 0 aromatic carbocycles. The van der Waals surface area contributed by atoms with Crippen LogP contribution in [0.25, 0.3) is 0 Å². The summed E-state index contributed by atoms with van der Waals surface area (Å²) in [6.45, 7) is 14.4. The predicted molar refractivity (Wildman–Crippen MR) is 73.6 cm³/mol. The molecule has 1 rings (SSSR count). The fourth-order valence-corrected chi connectivity index (χ4v) is 2.10. The van der Waals surface area contributed by atoms with E-state index in [4.69, 9.17) is 4.74 Å². The number of amides is 1. The number of nitrogens with one attached hydrogen (secondary N) is 1. The van der Waals surface area contributed by atoms with Gasteiger partial charge < -0.3 is 10.1 Å². The Bertz CT molecular complexity index is 280. The smallest absolute Gasteiger partial charge is 0.225 e. The third kappa shape index (κ3) is 3.95. The van der Waals surface area contributed by atoms with Gasteiger partial charge in [0.1, 0.15) is 0 Å². The van der Waals surface area contributed by atoms with Crippen molar-refractivity contribution in [3.8, 4) is 0 Å². The normalized spacial score (nSPS) is 21.4. The van der Waals surface area contributed by atoms with E-state index >= 15 is 0 Å². The fraction of sp³-hybridized carbons (Fsp3) is 0.929. The number of nitrogens with zero attached hydrogens (tertiary/aromatic N) is 1. The number of ether oxygens (including phenoxy) is 1. The van der Waals surface area contributed by atoms with Crippen LogP contribution in [-0.4, -0.2) is 49.2 Å². The van der Waals surface area contributed by atoms with Gasteiger partial charge in [0.05, 0.1) is 13.2 Å². The van der Waals surface area contributed by atoms with Gasteiger partial charge in [0.25, 0.3) is 0 Å². The minimum Gasteiger partial charge on any atom is -0.379 e. The molecule has 1 aliphatic rings. The van der Waals surface area contributed by atoms with Crippen LogP contribution < -0.4 is 5.32 Å². The van der Waals surface area contributed by atoms with Crippen LogP contribution in [0.3, 0.4) is 0 Å². The average Bonchev–Trinajstić information content (AvgIpc) is 2.35. The van der Waals surface area contributed by atoms with E-state index in [0.29, 0.717) is 6.54 Å². The van der Waals surface area contributed by atoms with Crippen molar-refractivity contribution in [2.24, 2.45) is 5.41 Å². The first-order valence-electron chi connectivity index (χ1n) is 6.91. The lowest BCUT2D eigenvalue weighted by Gasteiger charge is -2.43. The van der Waals surface area contributed by atoms with Crippen molar-refractivity contribution in [1.29, 1.82) is 0 Å². The molecule has 0 aromatic heterocycles. The van der Waals surface area contributed by atoms with Crippen LogP contribution in [0.15, 0.2) is 0 Å². The summed E-state index contributed by atoms with van der Waals surface area (Å²) in [5, 5.41) is 3.09. The number of carbonyl (C=O) groups is 1. The van der Waals surface area contributed by atoms with Gasteiger partial charge in [-0.1, -0.05) is 27.7 Å². The van der Waals surface area contributed by atoms with Crippen LogP contribution in [0, 0.1) is 5.41 Å². The first kappa shape index (κ1) is 15.4. The van der Waals surface area contributed by atoms with Gasteiger partial charge in [-0.25, -0.2) is 0 Å². The van der Waals surface area contributed by atoms with Gasteiger partial charge in [0.2, 0.25) is 5.91 Å². The SMILES string of the molecule is CC[C@](C)(CNC(=O)C(C)(C)C)N1CCOCC1. The van der Waals surface area contributed by atoms with Crippen LogP contribution in [0.2, 0.25) is 0 Å². The zero-order chi connectivity index (χ0) is 13.8. The van der Waals surface area contributed by atoms with Gasteiger partial charge in [0, 0.05) is 30.6 Å². The summed E-state index contributed by atoms with van der Waals surface area (Å²) in [6, 6.07) is 0. The highest BCUT2D eigenvalue weighted by molar-refractivity contribution is 5.81. The van der Waals surface area contributed by atoms with Crippen LogP contribution >= 0.6 is 0 Å². The van der Waals surface area contributed by atoms with E-state index in [2.05, 4.69) is 24.1 Å². The second-order valence-corrected chi connectivity index (χ2v) is 6.38. The van der Waals surface area contributed by atoms with Crippen molar-refractivity contribution in [3.05, 3.63) is 0 Å². The standard InChI is InChI=1S/C14H28N2O2/c1-6-14(5,16-7-9-18-10-8-16)11-15-12(17)13(2,3)4/h6-11H2,1-5H3,(H,15,17)/t14-/m1/s1. The highest BCUT2D eigenvalue weighted by Crippen LogP contribution is 2.21. The number of rotatable bonds is 4. The van der Waals surface area contributed by atoms with E-state index in [1.165, 1.54) is 0 Å². The van der Waals surface area contributed by atoms with Gasteiger partial charge in [0.15, 0.2) is 0 Å². The van der Waals surface area contributed by atoms with Crippen LogP contribution in [0.4, 0.5) is 0 Å². The maximum Gasteiger partial charge on any atom is 0.225 e. The largest absolute Gasteiger partial charge is 0.379 e. The van der Waals surface area contributed by atoms with E-state index in [9.17, 15) is 4.79 Å². The molecule has 1 heterocycles. The molecule has 0 saturated carbocycles. The molecular formula is C14H28N2O2. The van der Waals surface area contributed by atoms with E-state index in [0.717, 1.165) is 32.7 Å². The number of carbonyl (C=O) groups excluding carboxylic acids is 1. The minimum atomic E-state index is -0.320. The van der Waals surface area contributed by atoms with Crippen molar-refractivity contribution in [1.82, 2.24) is 10.2 Å². The molecule has 1 atom stereocenters. The molecule has 4 nitrogen and oxygen atoms in total. The van der Waals surface area contributed by atoms with E-state index < -0.39 is 0 Å². The Labute approximate surface area is 111 Å². The van der Waals surface area contributed by atoms with Crippen LogP contribution in [0.1, 0.15) is 41.0 Å². The quantitative estimate of drug-likeness (QED) is 0.831. The van der Waals surface area contributed by atoms with Gasteiger partial charge in [-0.05, 0) is 13.3 Å². The lowest BCUT2D eigenvalue weighted by atomic mass is 9.92. The van der Waals surface area contributed by atoms with E-state index in [1.807, 2.05) is 20.8 Å². The average molecular weight is 256 g/mol. The third-order valence-corrected chi connectivity index (χ3v) is 3.85. The van der Waals surface area contributed by atoms with Crippen molar-refractivity contribution >= 4 is 5.91 Å². The molecule has 1 aliphatic heterocycles. The van der Waals surface area contributed by atoms with E-state index in [-0.39, 0.29) is 16.9 Å². The highest BCUT2D eigenvalue weighted by atomic mass is 16.5. The Hall–Kier alpha value is -0.610. The van der Waals surface area contributed by atoms with Crippen LogP contribution in [0.5, 0.6) is 0 Å². The molecule has 0 radical (unpaired) electrons. The monoisotopic (exact) mass is 256 g/mol. The molecule has 0 aliphatic carbocycles. The molecule has 0 aromatic rings. The molecule has 1 amide bonds. The van der Waals surface area contributed by atoms with Crippen molar-refractivity contribution in [2.75, 3.05) is 32.8 Å². The first-order chi connectivity index (χ1) is 8.29. The zero-order valence-corrected chi connectivity index (χ0v) is 12.5. The third-order valence-electron chi connectivity index (χ3n) is 3.85. The molecule has 4 heteroatoms. The molecule has 18 heavy (non-hydrogen) atoms. The Kier molecular flexibility index (Phi) is 5.17. The summed E-state index contributed by atoms with van der Waals surface area (Å²) >= 11 is 0. The molecule has 1 N–H and O–H groups in total. The molecule has 0 spiro atoms. The molecule has 0 bridgehead atoms. The molecule has 1 fully saturated rings. The van der Waals surface area contributed by atoms with Crippen molar-refractivity contribution < 1.29 is 9.53 Å². The molecule has 0 unspecified atom stereocenters. The second-order valence-electron chi connectivity index (χ2n) is 6.38. The Morgan fingerprint density at radius 1 is 1.22 bits per heavy atom. The zero-order valence-electron chi connectivity index (χ0n) is 12.5. The summed E-state index contributed by atoms with van der Waals surface area (Å²) in [6.07, 6.45) is 1.03. The molecule has 106 valence electrons. The fourth-order valence-electron chi connectivity index (χ4n) is 2.10. The highest BCUT2D eigenvalue weighted by Gasteiger charge is 2.32. The lowest BCUT2D eigenvalue weighted by Crippen LogP contribution is -2.57. The van der Waals surface area contributed by atoms with Gasteiger partial charge in [-0.15, -0.1) is 0 Å². The maximum atomic E-state index is 12.0. The van der Waals surface area contributed by atoms with Crippen molar-refractivity contribution in [3.63, 3.8) is 0 Å². The summed E-state index contributed by atoms with van der Waals surface area (Å²) < 4.78 is 5.39. The Morgan fingerprint density at radius 3 is 2.22 bits per heavy atom. The van der Waals surface area contributed by atoms with Gasteiger partial charge in [-0.3, -0.25) is 9.69 Å². The predicted octanol–water partition coefficient (Wildman–Crippen LogP) is 1.65. The Balaban J connectivity index is 2.56. The summed E-state index contributed by atoms with van der Waals surface area (Å²) in [5.74, 6) is 0.121.